The molecule has 0 aliphatic carbocycles. The lowest BCUT2D eigenvalue weighted by Crippen LogP contribution is -2.52. The molecule has 2 fully saturated rings. The summed E-state index contributed by atoms with van der Waals surface area (Å²) in [5.74, 6) is 0.948. The number of carbonyl (C=O) groups excluding carboxylic acids is 4. The van der Waals surface area contributed by atoms with Gasteiger partial charge in [0.05, 0.1) is 49.2 Å². The highest BCUT2D eigenvalue weighted by molar-refractivity contribution is 5.88. The van der Waals surface area contributed by atoms with Gasteiger partial charge in [-0.25, -0.2) is 19.6 Å². The highest BCUT2D eigenvalue weighted by atomic mass is 16.5. The fourth-order valence-corrected chi connectivity index (χ4v) is 8.68. The predicted octanol–water partition coefficient (Wildman–Crippen LogP) is 8.15. The summed E-state index contributed by atoms with van der Waals surface area (Å²) in [6.07, 6.45) is 3.78. The van der Waals surface area contributed by atoms with E-state index in [2.05, 4.69) is 81.3 Å². The molecule has 0 spiro atoms. The molecular weight excluding hydrogens is 761 g/mol. The number of aromatic nitrogens is 4. The van der Waals surface area contributed by atoms with Gasteiger partial charge in [-0.1, -0.05) is 82.3 Å². The maximum atomic E-state index is 13.8. The van der Waals surface area contributed by atoms with Crippen LogP contribution in [-0.4, -0.2) is 92.1 Å². The van der Waals surface area contributed by atoms with Gasteiger partial charge >= 0.3 is 12.2 Å². The van der Waals surface area contributed by atoms with Crippen LogP contribution in [0.3, 0.4) is 0 Å². The van der Waals surface area contributed by atoms with Crippen LogP contribution in [0.4, 0.5) is 9.59 Å². The molecule has 5 aromatic rings. The van der Waals surface area contributed by atoms with Crippen LogP contribution in [-0.2, 0) is 19.1 Å². The average Bonchev–Trinajstić information content (AvgIpc) is 4.06. The number of nitrogens with one attached hydrogen (secondary N) is 4. The van der Waals surface area contributed by atoms with E-state index in [0.717, 1.165) is 81.9 Å². The quantitative estimate of drug-likeness (QED) is 0.103. The molecule has 0 bridgehead atoms. The highest BCUT2D eigenvalue weighted by Gasteiger charge is 2.42. The number of alkyl carbamates (subject to hydrolysis) is 2. The second-order valence-electron chi connectivity index (χ2n) is 16.8. The second kappa shape index (κ2) is 17.6. The topological polar surface area (TPSA) is 175 Å². The largest absolute Gasteiger partial charge is 0.453 e. The van der Waals surface area contributed by atoms with E-state index in [-0.39, 0.29) is 47.8 Å². The summed E-state index contributed by atoms with van der Waals surface area (Å²) in [6.45, 7) is 11.7. The van der Waals surface area contributed by atoms with Crippen molar-refractivity contribution < 1.29 is 28.7 Å². The smallest absolute Gasteiger partial charge is 0.407 e. The van der Waals surface area contributed by atoms with Gasteiger partial charge in [0.25, 0.3) is 0 Å². The predicted molar refractivity (Wildman–Crippen MR) is 229 cm³/mol. The monoisotopic (exact) mass is 816 g/mol. The summed E-state index contributed by atoms with van der Waals surface area (Å²) in [4.78, 5) is 72.1. The molecule has 316 valence electrons. The molecular formula is C46H56N8O6. The number of methoxy groups -OCH3 is 2. The van der Waals surface area contributed by atoms with E-state index >= 15 is 0 Å². The fraction of sp³-hybridized carbons (Fsp3) is 0.435. The van der Waals surface area contributed by atoms with Crippen molar-refractivity contribution in [1.29, 1.82) is 0 Å². The zero-order valence-corrected chi connectivity index (χ0v) is 35.6. The molecule has 2 saturated heterocycles. The minimum atomic E-state index is -0.706. The number of fused-ring (bicyclic) bond motifs is 1. The van der Waals surface area contributed by atoms with Gasteiger partial charge in [-0.3, -0.25) is 9.59 Å². The van der Waals surface area contributed by atoms with E-state index in [1.165, 1.54) is 14.2 Å². The highest BCUT2D eigenvalue weighted by Crippen LogP contribution is 2.39. The third-order valence-electron chi connectivity index (χ3n) is 12.1. The Morgan fingerprint density at radius 2 is 1.08 bits per heavy atom. The Morgan fingerprint density at radius 1 is 0.633 bits per heavy atom. The van der Waals surface area contributed by atoms with E-state index in [9.17, 15) is 19.2 Å². The lowest BCUT2D eigenvalue weighted by atomic mass is 9.99. The third-order valence-corrected chi connectivity index (χ3v) is 12.1. The molecule has 1 unspecified atom stereocenters. The van der Waals surface area contributed by atoms with Gasteiger partial charge < -0.3 is 39.9 Å². The number of hydrogen-bond donors (Lipinski definition) is 4. The number of H-pyrrole nitrogens is 2. The number of benzene rings is 3. The maximum absolute atomic E-state index is 13.8. The number of hydrogen-bond acceptors (Lipinski definition) is 8. The minimum absolute atomic E-state index is 0.00138. The zero-order chi connectivity index (χ0) is 42.8. The molecule has 7 rings (SSSR count). The Kier molecular flexibility index (Phi) is 12.3. The third kappa shape index (κ3) is 8.45. The van der Waals surface area contributed by atoms with Crippen LogP contribution in [0, 0.1) is 11.8 Å². The molecule has 0 saturated carbocycles. The Bertz CT molecular complexity index is 2330. The molecule has 4 amide bonds. The van der Waals surface area contributed by atoms with Gasteiger partial charge in [-0.15, -0.1) is 0 Å². The Morgan fingerprint density at radius 3 is 1.57 bits per heavy atom. The van der Waals surface area contributed by atoms with E-state index in [4.69, 9.17) is 19.4 Å². The SMILES string of the molecule is COC(=O)NC(C(=O)N1[C@@H](C)CC[C@H]1c1nc2ccc(-c3ccc(-c4ccc(-c5cnc([C@@H]6CC[C@H](C)N6C(=O)[C@@H](NC(=O)OC)C(C)C)[nH]5)cc4)cc3)cc2[nH]1)C(C)C. The first-order chi connectivity index (χ1) is 28.8. The number of likely N-dealkylation sites (tertiary alicyclic amines) is 2. The molecule has 60 heavy (non-hydrogen) atoms. The van der Waals surface area contributed by atoms with Gasteiger partial charge in [-0.05, 0) is 91.3 Å². The molecule has 2 aromatic heterocycles. The van der Waals surface area contributed by atoms with Crippen LogP contribution in [0.1, 0.15) is 91.0 Å². The molecule has 6 atom stereocenters. The van der Waals surface area contributed by atoms with Gasteiger partial charge in [0.2, 0.25) is 11.8 Å². The van der Waals surface area contributed by atoms with Gasteiger partial charge in [0, 0.05) is 12.1 Å². The number of nitrogens with zero attached hydrogens (tertiary/aromatic N) is 4. The molecule has 4 heterocycles. The summed E-state index contributed by atoms with van der Waals surface area (Å²) >= 11 is 0. The van der Waals surface area contributed by atoms with E-state index in [0.29, 0.717) is 0 Å². The first-order valence-corrected chi connectivity index (χ1v) is 20.9. The number of aromatic amines is 2. The fourth-order valence-electron chi connectivity index (χ4n) is 8.68. The summed E-state index contributed by atoms with van der Waals surface area (Å²) in [5.41, 5.74) is 7.82. The van der Waals surface area contributed by atoms with Gasteiger partial charge in [0.1, 0.15) is 23.7 Å². The number of rotatable bonds is 11. The van der Waals surface area contributed by atoms with Crippen molar-refractivity contribution in [2.45, 2.75) is 103 Å². The number of imidazole rings is 2. The Balaban J connectivity index is 1.03. The number of carbonyl (C=O) groups is 4. The number of amides is 4. The lowest BCUT2D eigenvalue weighted by molar-refractivity contribution is -0.138. The summed E-state index contributed by atoms with van der Waals surface area (Å²) in [6, 6.07) is 21.1. The average molecular weight is 817 g/mol. The maximum Gasteiger partial charge on any atom is 0.407 e. The van der Waals surface area contributed by atoms with Gasteiger partial charge in [0.15, 0.2) is 0 Å². The lowest BCUT2D eigenvalue weighted by Gasteiger charge is -2.32. The molecule has 0 radical (unpaired) electrons. The molecule has 2 aliphatic heterocycles. The molecule has 14 heteroatoms. The second-order valence-corrected chi connectivity index (χ2v) is 16.8. The van der Waals surface area contributed by atoms with Crippen molar-refractivity contribution >= 4 is 35.0 Å². The van der Waals surface area contributed by atoms with Crippen molar-refractivity contribution in [1.82, 2.24) is 40.4 Å². The minimum Gasteiger partial charge on any atom is -0.453 e. The van der Waals surface area contributed by atoms with Crippen molar-refractivity contribution in [2.75, 3.05) is 14.2 Å². The first kappa shape index (κ1) is 42.0. The normalized spacial score (nSPS) is 20.1. The molecule has 2 aliphatic rings. The van der Waals surface area contributed by atoms with Crippen LogP contribution in [0.5, 0.6) is 0 Å². The first-order valence-electron chi connectivity index (χ1n) is 20.9. The Labute approximate surface area is 350 Å². The summed E-state index contributed by atoms with van der Waals surface area (Å²) in [5, 5.41) is 5.45. The van der Waals surface area contributed by atoms with Crippen molar-refractivity contribution in [3.8, 4) is 33.5 Å². The van der Waals surface area contributed by atoms with Crippen molar-refractivity contribution in [3.63, 3.8) is 0 Å². The number of ether oxygens (including phenoxy) is 2. The van der Waals surface area contributed by atoms with E-state index in [1.807, 2.05) is 63.6 Å². The van der Waals surface area contributed by atoms with Gasteiger partial charge in [-0.2, -0.15) is 0 Å². The molecule has 4 N–H and O–H groups in total. The summed E-state index contributed by atoms with van der Waals surface area (Å²) in [7, 11) is 2.59. The van der Waals surface area contributed by atoms with E-state index < -0.39 is 24.3 Å². The standard InChI is InChI=1S/C46H56N8O6/c1-25(2)39(51-45(57)59-7)43(55)53-27(5)9-21-37(53)41-47-24-36(50-41)32-17-15-30(16-18-32)29-11-13-31(14-12-29)33-19-20-34-35(23-33)49-42(48-34)38-22-10-28(6)54(38)44(56)40(26(3)4)52-46(58)60-8/h11-20,23-28,37-40H,9-10,21-22H2,1-8H3,(H,47,50)(H,48,49)(H,51,57)(H,52,58)/t27-,28-,37-,38-,39-,40?/m0/s1. The van der Waals surface area contributed by atoms with Crippen LogP contribution in [0.2, 0.25) is 0 Å². The van der Waals surface area contributed by atoms with Crippen molar-refractivity contribution in [2.24, 2.45) is 11.8 Å². The molecule has 3 aromatic carbocycles. The van der Waals surface area contributed by atoms with Crippen LogP contribution < -0.4 is 10.6 Å². The van der Waals surface area contributed by atoms with Crippen LogP contribution in [0.15, 0.2) is 72.9 Å². The van der Waals surface area contributed by atoms with E-state index in [1.54, 1.807) is 0 Å². The Hall–Kier alpha value is -6.18. The summed E-state index contributed by atoms with van der Waals surface area (Å²) < 4.78 is 9.59. The van der Waals surface area contributed by atoms with Crippen LogP contribution in [0.25, 0.3) is 44.5 Å². The van der Waals surface area contributed by atoms with Crippen LogP contribution >= 0.6 is 0 Å². The van der Waals surface area contributed by atoms with Crippen molar-refractivity contribution in [3.05, 3.63) is 84.6 Å². The zero-order valence-electron chi connectivity index (χ0n) is 35.6. The molecule has 14 nitrogen and oxygen atoms in total.